The Morgan fingerprint density at radius 1 is 1.70 bits per heavy atom. The Morgan fingerprint density at radius 3 is 2.80 bits per heavy atom. The molecule has 1 aromatic rings. The number of hydrogen-bond acceptors (Lipinski definition) is 2. The van der Waals surface area contributed by atoms with Crippen LogP contribution in [0.15, 0.2) is 18.3 Å². The van der Waals surface area contributed by atoms with E-state index in [1.165, 1.54) is 0 Å². The van der Waals surface area contributed by atoms with Gasteiger partial charge in [-0.3, -0.25) is 4.98 Å². The Morgan fingerprint density at radius 2 is 2.40 bits per heavy atom. The third-order valence-corrected chi connectivity index (χ3v) is 1.50. The number of aromatic nitrogens is 1. The van der Waals surface area contributed by atoms with E-state index in [0.29, 0.717) is 10.7 Å². The molecule has 1 rings (SSSR count). The van der Waals surface area contributed by atoms with Crippen molar-refractivity contribution in [2.75, 3.05) is 0 Å². The zero-order valence-electron chi connectivity index (χ0n) is 5.58. The number of rotatable bonds is 1. The average Bonchev–Trinajstić information content (AvgIpc) is 1.88. The second-order valence-corrected chi connectivity index (χ2v) is 2.45. The van der Waals surface area contributed by atoms with E-state index in [4.69, 9.17) is 16.7 Å². The number of halogens is 1. The van der Waals surface area contributed by atoms with Gasteiger partial charge in [-0.05, 0) is 19.1 Å². The maximum absolute atomic E-state index is 9.06. The zero-order valence-corrected chi connectivity index (χ0v) is 6.34. The van der Waals surface area contributed by atoms with Gasteiger partial charge in [-0.1, -0.05) is 11.6 Å². The highest BCUT2D eigenvalue weighted by molar-refractivity contribution is 6.31. The van der Waals surface area contributed by atoms with Crippen LogP contribution >= 0.6 is 11.6 Å². The fourth-order valence-corrected chi connectivity index (χ4v) is 0.985. The molecule has 1 heterocycles. The van der Waals surface area contributed by atoms with Crippen LogP contribution in [0, 0.1) is 0 Å². The molecule has 0 amide bonds. The minimum atomic E-state index is -0.589. The molecule has 1 N–H and O–H groups in total. The first-order valence-electron chi connectivity index (χ1n) is 3.00. The van der Waals surface area contributed by atoms with Gasteiger partial charge in [-0.2, -0.15) is 0 Å². The minimum Gasteiger partial charge on any atom is -0.387 e. The van der Waals surface area contributed by atoms with Crippen LogP contribution in [0.5, 0.6) is 0 Å². The normalized spacial score (nSPS) is 13.1. The van der Waals surface area contributed by atoms with Crippen LogP contribution in [0.4, 0.5) is 0 Å². The van der Waals surface area contributed by atoms with Gasteiger partial charge >= 0.3 is 0 Å². The largest absolute Gasteiger partial charge is 0.387 e. The Labute approximate surface area is 64.5 Å². The first kappa shape index (κ1) is 7.51. The summed E-state index contributed by atoms with van der Waals surface area (Å²) in [6.45, 7) is 1.63. The van der Waals surface area contributed by atoms with Crippen LogP contribution in [-0.4, -0.2) is 10.1 Å². The molecule has 0 aliphatic carbocycles. The smallest absolute Gasteiger partial charge is 0.0946 e. The van der Waals surface area contributed by atoms with Crippen molar-refractivity contribution in [3.05, 3.63) is 29.0 Å². The van der Waals surface area contributed by atoms with Crippen LogP contribution < -0.4 is 0 Å². The molecular weight excluding hydrogens is 150 g/mol. The summed E-state index contributed by atoms with van der Waals surface area (Å²) in [6.07, 6.45) is 1.02. The van der Waals surface area contributed by atoms with Gasteiger partial charge in [0.05, 0.1) is 16.8 Å². The molecule has 0 saturated heterocycles. The third kappa shape index (κ3) is 1.46. The van der Waals surface area contributed by atoms with Gasteiger partial charge in [0.2, 0.25) is 0 Å². The van der Waals surface area contributed by atoms with Gasteiger partial charge in [0.25, 0.3) is 0 Å². The van der Waals surface area contributed by atoms with Crippen LogP contribution in [-0.2, 0) is 0 Å². The molecule has 10 heavy (non-hydrogen) atoms. The van der Waals surface area contributed by atoms with E-state index in [-0.39, 0.29) is 0 Å². The van der Waals surface area contributed by atoms with E-state index in [1.54, 1.807) is 25.3 Å². The monoisotopic (exact) mass is 157 g/mol. The van der Waals surface area contributed by atoms with Crippen molar-refractivity contribution >= 4 is 11.6 Å². The van der Waals surface area contributed by atoms with E-state index in [0.717, 1.165) is 0 Å². The molecule has 0 fully saturated rings. The van der Waals surface area contributed by atoms with Crippen LogP contribution in [0.25, 0.3) is 0 Å². The molecular formula is C7H8ClNO. The van der Waals surface area contributed by atoms with Crippen LogP contribution in [0.3, 0.4) is 0 Å². The summed E-state index contributed by atoms with van der Waals surface area (Å²) >= 11 is 5.70. The molecule has 0 aromatic carbocycles. The molecule has 0 radical (unpaired) electrons. The van der Waals surface area contributed by atoms with E-state index < -0.39 is 6.10 Å². The minimum absolute atomic E-state index is 0.512. The summed E-state index contributed by atoms with van der Waals surface area (Å²) in [7, 11) is 0. The molecule has 54 valence electrons. The van der Waals surface area contributed by atoms with Gasteiger partial charge < -0.3 is 5.11 Å². The lowest BCUT2D eigenvalue weighted by atomic mass is 10.2. The molecule has 3 heteroatoms. The fourth-order valence-electron chi connectivity index (χ4n) is 0.705. The van der Waals surface area contributed by atoms with Gasteiger partial charge in [-0.25, -0.2) is 0 Å². The maximum atomic E-state index is 9.06. The standard InChI is InChI=1S/C7H8ClNO/c1-5(10)7-6(8)3-2-4-9-7/h2-5,10H,1H3. The summed E-state index contributed by atoms with van der Waals surface area (Å²) in [5.41, 5.74) is 0.532. The first-order chi connectivity index (χ1) is 4.72. The van der Waals surface area contributed by atoms with Crippen LogP contribution in [0.1, 0.15) is 18.7 Å². The van der Waals surface area contributed by atoms with E-state index in [9.17, 15) is 0 Å². The molecule has 0 bridgehead atoms. The second kappa shape index (κ2) is 2.99. The number of aliphatic hydroxyl groups is 1. The number of aliphatic hydroxyl groups excluding tert-OH is 1. The number of hydrogen-bond donors (Lipinski definition) is 1. The van der Waals surface area contributed by atoms with Gasteiger partial charge in [0.15, 0.2) is 0 Å². The summed E-state index contributed by atoms with van der Waals surface area (Å²) in [6, 6.07) is 3.44. The summed E-state index contributed by atoms with van der Waals surface area (Å²) in [4.78, 5) is 3.90. The zero-order chi connectivity index (χ0) is 7.56. The second-order valence-electron chi connectivity index (χ2n) is 2.05. The highest BCUT2D eigenvalue weighted by Crippen LogP contribution is 2.18. The Kier molecular flexibility index (Phi) is 2.25. The van der Waals surface area contributed by atoms with E-state index >= 15 is 0 Å². The van der Waals surface area contributed by atoms with Crippen molar-refractivity contribution in [2.45, 2.75) is 13.0 Å². The Hall–Kier alpha value is -0.600. The van der Waals surface area contributed by atoms with Crippen molar-refractivity contribution in [2.24, 2.45) is 0 Å². The molecule has 2 nitrogen and oxygen atoms in total. The summed E-state index contributed by atoms with van der Waals surface area (Å²) in [5, 5.41) is 9.57. The lowest BCUT2D eigenvalue weighted by Gasteiger charge is -2.03. The SMILES string of the molecule is CC(O)c1ncccc1Cl. The highest BCUT2D eigenvalue weighted by atomic mass is 35.5. The molecule has 0 aliphatic heterocycles. The highest BCUT2D eigenvalue weighted by Gasteiger charge is 2.05. The van der Waals surface area contributed by atoms with Crippen molar-refractivity contribution < 1.29 is 5.11 Å². The predicted octanol–water partition coefficient (Wildman–Crippen LogP) is 1.79. The third-order valence-electron chi connectivity index (χ3n) is 1.18. The summed E-state index contributed by atoms with van der Waals surface area (Å²) in [5.74, 6) is 0. The Balaban J connectivity index is 3.03. The van der Waals surface area contributed by atoms with Crippen LogP contribution in [0.2, 0.25) is 5.02 Å². The lowest BCUT2D eigenvalue weighted by molar-refractivity contribution is 0.194. The molecule has 0 saturated carbocycles. The van der Waals surface area contributed by atoms with E-state index in [2.05, 4.69) is 4.98 Å². The lowest BCUT2D eigenvalue weighted by Crippen LogP contribution is -1.94. The topological polar surface area (TPSA) is 33.1 Å². The summed E-state index contributed by atoms with van der Waals surface area (Å²) < 4.78 is 0. The van der Waals surface area contributed by atoms with Crippen molar-refractivity contribution in [1.82, 2.24) is 4.98 Å². The molecule has 1 aromatic heterocycles. The fraction of sp³-hybridized carbons (Fsp3) is 0.286. The quantitative estimate of drug-likeness (QED) is 0.674. The maximum Gasteiger partial charge on any atom is 0.0946 e. The van der Waals surface area contributed by atoms with Gasteiger partial charge in [0, 0.05) is 6.20 Å². The number of nitrogens with zero attached hydrogens (tertiary/aromatic N) is 1. The molecule has 1 unspecified atom stereocenters. The van der Waals surface area contributed by atoms with Gasteiger partial charge in [0.1, 0.15) is 0 Å². The van der Waals surface area contributed by atoms with Gasteiger partial charge in [-0.15, -0.1) is 0 Å². The molecule has 0 spiro atoms. The number of pyridine rings is 1. The average molecular weight is 158 g/mol. The Bertz CT molecular complexity index is 225. The molecule has 1 atom stereocenters. The predicted molar refractivity (Wildman–Crippen MR) is 39.9 cm³/mol. The van der Waals surface area contributed by atoms with Crippen molar-refractivity contribution in [3.8, 4) is 0 Å². The molecule has 0 aliphatic rings. The van der Waals surface area contributed by atoms with Crippen molar-refractivity contribution in [3.63, 3.8) is 0 Å². The van der Waals surface area contributed by atoms with E-state index in [1.807, 2.05) is 0 Å². The van der Waals surface area contributed by atoms with Crippen molar-refractivity contribution in [1.29, 1.82) is 0 Å². The first-order valence-corrected chi connectivity index (χ1v) is 3.38.